The standard InChI is InChI=1S/C31H18N4/c1-2-4-20-17(3-1)13-18-5-6-19-14-24-21(29(19)28(18)20)7-8-23-30(24)22-9-11-33-16-27(22)35-26-10-12-32-15-25(26)34-31(23)35/h1-12,15-16H,13-14H2. The molecular formula is C31H18N4. The number of imidazole rings is 1. The van der Waals surface area contributed by atoms with Crippen molar-refractivity contribution in [1.29, 1.82) is 0 Å². The normalized spacial score (nSPS) is 13.5. The van der Waals surface area contributed by atoms with Crippen molar-refractivity contribution in [2.24, 2.45) is 0 Å². The molecule has 0 amide bonds. The first-order valence-corrected chi connectivity index (χ1v) is 12.0. The van der Waals surface area contributed by atoms with Gasteiger partial charge in [0.15, 0.2) is 0 Å². The molecule has 0 atom stereocenters. The molecule has 3 aromatic carbocycles. The van der Waals surface area contributed by atoms with Crippen molar-refractivity contribution >= 4 is 38.4 Å². The molecule has 4 aromatic heterocycles. The first-order chi connectivity index (χ1) is 17.4. The van der Waals surface area contributed by atoms with E-state index in [1.54, 1.807) is 0 Å². The minimum Gasteiger partial charge on any atom is -0.290 e. The Balaban J connectivity index is 1.45. The van der Waals surface area contributed by atoms with Gasteiger partial charge in [0.2, 0.25) is 0 Å². The summed E-state index contributed by atoms with van der Waals surface area (Å²) in [5.74, 6) is 0. The van der Waals surface area contributed by atoms with E-state index in [-0.39, 0.29) is 0 Å². The third-order valence-corrected chi connectivity index (χ3v) is 8.00. The van der Waals surface area contributed by atoms with Crippen LogP contribution >= 0.6 is 0 Å². The lowest BCUT2D eigenvalue weighted by Gasteiger charge is -2.13. The highest BCUT2D eigenvalue weighted by Gasteiger charge is 2.30. The summed E-state index contributed by atoms with van der Waals surface area (Å²) in [6.45, 7) is 0. The van der Waals surface area contributed by atoms with Crippen molar-refractivity contribution in [3.05, 3.63) is 108 Å². The predicted molar refractivity (Wildman–Crippen MR) is 140 cm³/mol. The Hall–Kier alpha value is -4.57. The molecule has 162 valence electrons. The lowest BCUT2D eigenvalue weighted by atomic mass is 9.92. The van der Waals surface area contributed by atoms with Crippen LogP contribution in [0, 0.1) is 0 Å². The van der Waals surface area contributed by atoms with Gasteiger partial charge in [-0.2, -0.15) is 0 Å². The van der Waals surface area contributed by atoms with Gasteiger partial charge in [0.05, 0.1) is 23.4 Å². The van der Waals surface area contributed by atoms with E-state index in [9.17, 15) is 0 Å². The Labute approximate surface area is 200 Å². The van der Waals surface area contributed by atoms with Crippen LogP contribution in [0.1, 0.15) is 22.3 Å². The van der Waals surface area contributed by atoms with Gasteiger partial charge >= 0.3 is 0 Å². The molecular weight excluding hydrogens is 428 g/mol. The molecule has 4 heterocycles. The van der Waals surface area contributed by atoms with Gasteiger partial charge in [-0.25, -0.2) is 4.98 Å². The summed E-state index contributed by atoms with van der Waals surface area (Å²) in [5.41, 5.74) is 15.3. The van der Waals surface area contributed by atoms with Crippen LogP contribution in [-0.2, 0) is 12.8 Å². The Kier molecular flexibility index (Phi) is 3.11. The molecule has 35 heavy (non-hydrogen) atoms. The molecule has 0 aliphatic heterocycles. The van der Waals surface area contributed by atoms with Crippen molar-refractivity contribution in [3.8, 4) is 22.3 Å². The highest BCUT2D eigenvalue weighted by atomic mass is 15.0. The van der Waals surface area contributed by atoms with Gasteiger partial charge in [0.1, 0.15) is 11.2 Å². The Morgan fingerprint density at radius 2 is 1.46 bits per heavy atom. The lowest BCUT2D eigenvalue weighted by molar-refractivity contribution is 1.24. The number of benzene rings is 3. The third-order valence-electron chi connectivity index (χ3n) is 8.00. The number of nitrogens with zero attached hydrogens (tertiary/aromatic N) is 4. The highest BCUT2D eigenvalue weighted by Crippen LogP contribution is 2.51. The largest absolute Gasteiger partial charge is 0.290 e. The molecule has 4 nitrogen and oxygen atoms in total. The minimum atomic E-state index is 0.906. The van der Waals surface area contributed by atoms with Gasteiger partial charge in [-0.1, -0.05) is 42.5 Å². The molecule has 2 aliphatic carbocycles. The molecule has 0 saturated carbocycles. The number of hydrogen-bond acceptors (Lipinski definition) is 3. The van der Waals surface area contributed by atoms with Gasteiger partial charge in [-0.15, -0.1) is 0 Å². The topological polar surface area (TPSA) is 43.1 Å². The van der Waals surface area contributed by atoms with Crippen molar-refractivity contribution in [3.63, 3.8) is 0 Å². The van der Waals surface area contributed by atoms with Gasteiger partial charge in [-0.3, -0.25) is 14.4 Å². The second-order valence-corrected chi connectivity index (χ2v) is 9.69. The van der Waals surface area contributed by atoms with Crippen LogP contribution in [-0.4, -0.2) is 19.4 Å². The molecule has 0 bridgehead atoms. The van der Waals surface area contributed by atoms with Crippen LogP contribution < -0.4 is 0 Å². The average Bonchev–Trinajstić information content (AvgIpc) is 3.59. The van der Waals surface area contributed by atoms with E-state index in [1.807, 2.05) is 30.9 Å². The highest BCUT2D eigenvalue weighted by molar-refractivity contribution is 6.17. The number of rotatable bonds is 0. The number of aromatic nitrogens is 4. The summed E-state index contributed by atoms with van der Waals surface area (Å²) in [6.07, 6.45) is 9.52. The monoisotopic (exact) mass is 446 g/mol. The predicted octanol–water partition coefficient (Wildman–Crippen LogP) is 6.73. The van der Waals surface area contributed by atoms with Crippen molar-refractivity contribution in [2.45, 2.75) is 12.8 Å². The second-order valence-electron chi connectivity index (χ2n) is 9.69. The molecule has 0 unspecified atom stereocenters. The molecule has 0 spiro atoms. The summed E-state index contributed by atoms with van der Waals surface area (Å²) in [5, 5.41) is 3.70. The molecule has 0 fully saturated rings. The minimum absolute atomic E-state index is 0.906. The van der Waals surface area contributed by atoms with Crippen molar-refractivity contribution < 1.29 is 0 Å². The maximum Gasteiger partial charge on any atom is 0.146 e. The SMILES string of the molecule is c1ccc2c(c1)Cc1ccc3c(c1-2)-c1ccc2c(c1C3)c1ccncc1n1c3ccncc3nc21. The van der Waals surface area contributed by atoms with Crippen LogP contribution in [0.2, 0.25) is 0 Å². The van der Waals surface area contributed by atoms with Gasteiger partial charge < -0.3 is 0 Å². The lowest BCUT2D eigenvalue weighted by Crippen LogP contribution is -1.95. The molecule has 4 heteroatoms. The summed E-state index contributed by atoms with van der Waals surface area (Å²) < 4.78 is 2.24. The first-order valence-electron chi connectivity index (χ1n) is 12.0. The summed E-state index contributed by atoms with van der Waals surface area (Å²) in [4.78, 5) is 13.8. The molecule has 9 rings (SSSR count). The van der Waals surface area contributed by atoms with E-state index in [1.165, 1.54) is 60.7 Å². The quantitative estimate of drug-likeness (QED) is 0.243. The van der Waals surface area contributed by atoms with Crippen LogP contribution in [0.4, 0.5) is 0 Å². The zero-order valence-corrected chi connectivity index (χ0v) is 18.8. The van der Waals surface area contributed by atoms with E-state index in [2.05, 4.69) is 69.0 Å². The van der Waals surface area contributed by atoms with Crippen molar-refractivity contribution in [1.82, 2.24) is 19.4 Å². The van der Waals surface area contributed by atoms with E-state index < -0.39 is 0 Å². The molecule has 0 radical (unpaired) electrons. The van der Waals surface area contributed by atoms with Crippen LogP contribution in [0.3, 0.4) is 0 Å². The Bertz CT molecular complexity index is 2070. The van der Waals surface area contributed by atoms with E-state index in [4.69, 9.17) is 4.98 Å². The van der Waals surface area contributed by atoms with Gasteiger partial charge in [0.25, 0.3) is 0 Å². The Morgan fingerprint density at radius 1 is 0.629 bits per heavy atom. The number of pyridine rings is 3. The maximum atomic E-state index is 5.03. The fraction of sp³-hybridized carbons (Fsp3) is 0.0645. The van der Waals surface area contributed by atoms with E-state index in [0.717, 1.165) is 35.0 Å². The second kappa shape index (κ2) is 6.10. The molecule has 0 N–H and O–H groups in total. The first kappa shape index (κ1) is 17.8. The van der Waals surface area contributed by atoms with Gasteiger partial charge in [0, 0.05) is 23.2 Å². The summed E-state index contributed by atoms with van der Waals surface area (Å²) in [6, 6.07) is 22.4. The zero-order valence-electron chi connectivity index (χ0n) is 18.8. The fourth-order valence-corrected chi connectivity index (χ4v) is 6.60. The summed E-state index contributed by atoms with van der Waals surface area (Å²) >= 11 is 0. The molecule has 2 aliphatic rings. The summed E-state index contributed by atoms with van der Waals surface area (Å²) in [7, 11) is 0. The average molecular weight is 447 g/mol. The zero-order chi connectivity index (χ0) is 22.7. The fourth-order valence-electron chi connectivity index (χ4n) is 6.60. The van der Waals surface area contributed by atoms with Crippen molar-refractivity contribution in [2.75, 3.05) is 0 Å². The molecule has 7 aromatic rings. The molecule has 0 saturated heterocycles. The van der Waals surface area contributed by atoms with E-state index >= 15 is 0 Å². The third kappa shape index (κ3) is 2.11. The van der Waals surface area contributed by atoms with Crippen LogP contribution in [0.15, 0.2) is 85.5 Å². The van der Waals surface area contributed by atoms with Crippen LogP contribution in [0.25, 0.3) is 60.6 Å². The smallest absolute Gasteiger partial charge is 0.146 e. The Morgan fingerprint density at radius 3 is 2.43 bits per heavy atom. The maximum absolute atomic E-state index is 5.03. The van der Waals surface area contributed by atoms with E-state index in [0.29, 0.717) is 0 Å². The van der Waals surface area contributed by atoms with Gasteiger partial charge in [-0.05, 0) is 80.9 Å². The van der Waals surface area contributed by atoms with Crippen LogP contribution in [0.5, 0.6) is 0 Å². The number of fused-ring (bicyclic) bond motifs is 16. The number of hydrogen-bond donors (Lipinski definition) is 0.